The normalized spacial score (nSPS) is 14.3. The lowest BCUT2D eigenvalue weighted by atomic mass is 10.1. The number of rotatable bonds is 7. The number of carbonyl (C=O) groups excluding carboxylic acids is 3. The Morgan fingerprint density at radius 1 is 0.966 bits per heavy atom. The minimum absolute atomic E-state index is 0.00890. The Bertz CT molecular complexity index is 843. The van der Waals surface area contributed by atoms with Crippen LogP contribution in [0, 0.1) is 0 Å². The van der Waals surface area contributed by atoms with Gasteiger partial charge in [0.25, 0.3) is 11.8 Å². The minimum Gasteiger partial charge on any atom is -0.459 e. The van der Waals surface area contributed by atoms with E-state index >= 15 is 0 Å². The first-order chi connectivity index (χ1) is 14.1. The Kier molecular flexibility index (Phi) is 7.00. The first-order valence-electron chi connectivity index (χ1n) is 9.99. The van der Waals surface area contributed by atoms with Crippen molar-refractivity contribution >= 4 is 17.8 Å². The van der Waals surface area contributed by atoms with E-state index in [9.17, 15) is 14.4 Å². The average molecular weight is 394 g/mol. The van der Waals surface area contributed by atoms with Crippen molar-refractivity contribution in [1.82, 2.24) is 10.2 Å². The van der Waals surface area contributed by atoms with Crippen LogP contribution >= 0.6 is 0 Å². The van der Waals surface area contributed by atoms with Crippen molar-refractivity contribution in [2.24, 2.45) is 0 Å². The topological polar surface area (TPSA) is 75.7 Å². The highest BCUT2D eigenvalue weighted by atomic mass is 16.5. The summed E-state index contributed by atoms with van der Waals surface area (Å²) in [6.45, 7) is 3.54. The average Bonchev–Trinajstić information content (AvgIpc) is 3.31. The molecule has 1 aliphatic rings. The van der Waals surface area contributed by atoms with E-state index in [2.05, 4.69) is 5.32 Å². The molecule has 0 radical (unpaired) electrons. The van der Waals surface area contributed by atoms with E-state index in [0.717, 1.165) is 31.5 Å². The highest BCUT2D eigenvalue weighted by Crippen LogP contribution is 2.14. The summed E-state index contributed by atoms with van der Waals surface area (Å²) in [7, 11) is 0. The van der Waals surface area contributed by atoms with Gasteiger partial charge in [-0.15, -0.1) is 0 Å². The van der Waals surface area contributed by atoms with Crippen LogP contribution in [0.5, 0.6) is 0 Å². The molecule has 3 rings (SSSR count). The quantitative estimate of drug-likeness (QED) is 0.732. The Morgan fingerprint density at radius 2 is 1.59 bits per heavy atom. The Labute approximate surface area is 170 Å². The molecule has 0 bridgehead atoms. The van der Waals surface area contributed by atoms with Crippen molar-refractivity contribution in [1.29, 1.82) is 0 Å². The van der Waals surface area contributed by atoms with Gasteiger partial charge in [0, 0.05) is 24.2 Å². The summed E-state index contributed by atoms with van der Waals surface area (Å²) >= 11 is 0. The predicted molar refractivity (Wildman–Crippen MR) is 109 cm³/mol. The lowest BCUT2D eigenvalue weighted by molar-refractivity contribution is -0.147. The largest absolute Gasteiger partial charge is 0.459 e. The zero-order valence-corrected chi connectivity index (χ0v) is 16.6. The molecule has 29 heavy (non-hydrogen) atoms. The SMILES string of the molecule is CCC(NC(=O)c1ccc(C(=O)N2CCCC2)cc1)C(=O)OCc1ccccc1. The van der Waals surface area contributed by atoms with Crippen molar-refractivity contribution in [3.05, 3.63) is 71.3 Å². The highest BCUT2D eigenvalue weighted by molar-refractivity contribution is 5.99. The number of nitrogens with zero attached hydrogens (tertiary/aromatic N) is 1. The molecule has 1 N–H and O–H groups in total. The summed E-state index contributed by atoms with van der Waals surface area (Å²) in [6.07, 6.45) is 2.49. The summed E-state index contributed by atoms with van der Waals surface area (Å²) in [6, 6.07) is 15.2. The van der Waals surface area contributed by atoms with Crippen LogP contribution in [0.2, 0.25) is 0 Å². The maximum absolute atomic E-state index is 12.5. The van der Waals surface area contributed by atoms with Crippen molar-refractivity contribution in [2.75, 3.05) is 13.1 Å². The molecule has 0 spiro atoms. The van der Waals surface area contributed by atoms with Gasteiger partial charge < -0.3 is 15.0 Å². The minimum atomic E-state index is -0.725. The fourth-order valence-electron chi connectivity index (χ4n) is 3.27. The first kappa shape index (κ1) is 20.6. The second-order valence-electron chi connectivity index (χ2n) is 7.10. The van der Waals surface area contributed by atoms with E-state index in [1.165, 1.54) is 0 Å². The number of hydrogen-bond donors (Lipinski definition) is 1. The molecule has 2 aromatic rings. The van der Waals surface area contributed by atoms with E-state index in [0.29, 0.717) is 17.5 Å². The van der Waals surface area contributed by atoms with Crippen molar-refractivity contribution in [2.45, 2.75) is 38.8 Å². The van der Waals surface area contributed by atoms with Gasteiger partial charge in [-0.3, -0.25) is 9.59 Å². The van der Waals surface area contributed by atoms with E-state index in [4.69, 9.17) is 4.74 Å². The molecule has 1 aliphatic heterocycles. The van der Waals surface area contributed by atoms with Crippen LogP contribution in [0.25, 0.3) is 0 Å². The Balaban J connectivity index is 1.55. The smallest absolute Gasteiger partial charge is 0.328 e. The van der Waals surface area contributed by atoms with Crippen LogP contribution in [0.1, 0.15) is 52.5 Å². The summed E-state index contributed by atoms with van der Waals surface area (Å²) in [5.74, 6) is -0.843. The zero-order chi connectivity index (χ0) is 20.6. The maximum Gasteiger partial charge on any atom is 0.328 e. The molecule has 1 fully saturated rings. The van der Waals surface area contributed by atoms with Crippen LogP contribution in [-0.2, 0) is 16.1 Å². The van der Waals surface area contributed by atoms with E-state index in [-0.39, 0.29) is 18.4 Å². The molecule has 2 amide bonds. The Hall–Kier alpha value is -3.15. The maximum atomic E-state index is 12.5. The van der Waals surface area contributed by atoms with Crippen LogP contribution in [0.4, 0.5) is 0 Å². The van der Waals surface area contributed by atoms with Crippen LogP contribution in [-0.4, -0.2) is 41.8 Å². The van der Waals surface area contributed by atoms with Crippen LogP contribution in [0.3, 0.4) is 0 Å². The second-order valence-corrected chi connectivity index (χ2v) is 7.10. The van der Waals surface area contributed by atoms with Gasteiger partial charge in [0.15, 0.2) is 0 Å². The molecule has 1 heterocycles. The standard InChI is InChI=1S/C23H26N2O4/c1-2-20(23(28)29-16-17-8-4-3-5-9-17)24-21(26)18-10-12-19(13-11-18)22(27)25-14-6-7-15-25/h3-5,8-13,20H,2,6-7,14-16H2,1H3,(H,24,26). The third-order valence-corrected chi connectivity index (χ3v) is 5.01. The molecule has 152 valence electrons. The summed E-state index contributed by atoms with van der Waals surface area (Å²) in [5, 5.41) is 2.71. The van der Waals surface area contributed by atoms with E-state index in [1.54, 1.807) is 24.3 Å². The zero-order valence-electron chi connectivity index (χ0n) is 16.6. The number of carbonyl (C=O) groups is 3. The number of ether oxygens (including phenoxy) is 1. The predicted octanol–water partition coefficient (Wildman–Crippen LogP) is 3.17. The number of nitrogens with one attached hydrogen (secondary N) is 1. The molecule has 1 atom stereocenters. The highest BCUT2D eigenvalue weighted by Gasteiger charge is 2.22. The number of esters is 1. The molecular weight excluding hydrogens is 368 g/mol. The second kappa shape index (κ2) is 9.87. The van der Waals surface area contributed by atoms with Gasteiger partial charge in [-0.2, -0.15) is 0 Å². The molecule has 1 saturated heterocycles. The van der Waals surface area contributed by atoms with Crippen molar-refractivity contribution < 1.29 is 19.1 Å². The molecule has 0 saturated carbocycles. The fourth-order valence-corrected chi connectivity index (χ4v) is 3.27. The van der Waals surface area contributed by atoms with Gasteiger partial charge >= 0.3 is 5.97 Å². The fraction of sp³-hybridized carbons (Fsp3) is 0.348. The third-order valence-electron chi connectivity index (χ3n) is 5.01. The van der Waals surface area contributed by atoms with E-state index in [1.807, 2.05) is 42.2 Å². The van der Waals surface area contributed by atoms with Crippen molar-refractivity contribution in [3.63, 3.8) is 0 Å². The molecule has 2 aromatic carbocycles. The number of amides is 2. The van der Waals surface area contributed by atoms with Gasteiger partial charge in [0.05, 0.1) is 0 Å². The van der Waals surface area contributed by atoms with Crippen molar-refractivity contribution in [3.8, 4) is 0 Å². The molecule has 6 nitrogen and oxygen atoms in total. The summed E-state index contributed by atoms with van der Waals surface area (Å²) in [4.78, 5) is 39.1. The monoisotopic (exact) mass is 394 g/mol. The molecule has 6 heteroatoms. The van der Waals surface area contributed by atoms with E-state index < -0.39 is 12.0 Å². The third kappa shape index (κ3) is 5.44. The number of likely N-dealkylation sites (tertiary alicyclic amines) is 1. The number of hydrogen-bond acceptors (Lipinski definition) is 4. The summed E-state index contributed by atoms with van der Waals surface area (Å²) < 4.78 is 5.32. The molecule has 0 aromatic heterocycles. The summed E-state index contributed by atoms with van der Waals surface area (Å²) in [5.41, 5.74) is 1.86. The van der Waals surface area contributed by atoms with Gasteiger partial charge in [-0.25, -0.2) is 4.79 Å². The number of benzene rings is 2. The molecule has 0 aliphatic carbocycles. The molecule has 1 unspecified atom stereocenters. The lowest BCUT2D eigenvalue weighted by Crippen LogP contribution is -2.41. The van der Waals surface area contributed by atoms with Crippen LogP contribution < -0.4 is 5.32 Å². The van der Waals surface area contributed by atoms with Gasteiger partial charge in [-0.1, -0.05) is 37.3 Å². The van der Waals surface area contributed by atoms with Gasteiger partial charge in [0.1, 0.15) is 12.6 Å². The first-order valence-corrected chi connectivity index (χ1v) is 9.99. The van der Waals surface area contributed by atoms with Gasteiger partial charge in [-0.05, 0) is 49.1 Å². The lowest BCUT2D eigenvalue weighted by Gasteiger charge is -2.17. The van der Waals surface area contributed by atoms with Crippen LogP contribution in [0.15, 0.2) is 54.6 Å². The molecular formula is C23H26N2O4. The Morgan fingerprint density at radius 3 is 2.21 bits per heavy atom. The van der Waals surface area contributed by atoms with Gasteiger partial charge in [0.2, 0.25) is 0 Å².